The lowest BCUT2D eigenvalue weighted by Gasteiger charge is -2.28. The van der Waals surface area contributed by atoms with Crippen LogP contribution in [-0.2, 0) is 4.79 Å². The van der Waals surface area contributed by atoms with Gasteiger partial charge in [-0.1, -0.05) is 12.8 Å². The van der Waals surface area contributed by atoms with Crippen molar-refractivity contribution < 1.29 is 19.6 Å². The minimum atomic E-state index is -0.978. The number of nitro groups is 1. The lowest BCUT2D eigenvalue weighted by Crippen LogP contribution is -2.47. The van der Waals surface area contributed by atoms with Gasteiger partial charge in [-0.2, -0.15) is 0 Å². The molecule has 0 radical (unpaired) electrons. The van der Waals surface area contributed by atoms with E-state index >= 15 is 0 Å². The van der Waals surface area contributed by atoms with Crippen molar-refractivity contribution in [2.45, 2.75) is 37.6 Å². The molecule has 0 aliphatic heterocycles. The Morgan fingerprint density at radius 3 is 2.65 bits per heavy atom. The molecule has 0 spiro atoms. The van der Waals surface area contributed by atoms with Gasteiger partial charge in [-0.05, 0) is 25.0 Å². The molecule has 0 atom stereocenters. The summed E-state index contributed by atoms with van der Waals surface area (Å²) in [7, 11) is 0. The number of benzene rings is 1. The Kier molecular flexibility index (Phi) is 4.70. The van der Waals surface area contributed by atoms with Gasteiger partial charge in [0.15, 0.2) is 0 Å². The van der Waals surface area contributed by atoms with Gasteiger partial charge in [0.05, 0.1) is 23.2 Å². The van der Waals surface area contributed by atoms with Gasteiger partial charge in [-0.15, -0.1) is 0 Å². The summed E-state index contributed by atoms with van der Waals surface area (Å²) < 4.78 is 1.49. The number of nitrogens with zero attached hydrogens (tertiary/aromatic N) is 3. The summed E-state index contributed by atoms with van der Waals surface area (Å²) in [5.74, 6) is -1.48. The van der Waals surface area contributed by atoms with E-state index < -0.39 is 22.3 Å². The third-order valence-corrected chi connectivity index (χ3v) is 4.65. The number of imidazole rings is 1. The van der Waals surface area contributed by atoms with E-state index in [1.807, 2.05) is 0 Å². The Bertz CT molecular complexity index is 841. The molecule has 1 amide bonds. The Morgan fingerprint density at radius 1 is 1.35 bits per heavy atom. The first-order valence-electron chi connectivity index (χ1n) is 8.21. The van der Waals surface area contributed by atoms with Crippen LogP contribution >= 0.6 is 0 Å². The molecule has 2 N–H and O–H groups in total. The fourth-order valence-electron chi connectivity index (χ4n) is 3.43. The standard InChI is InChI=1S/C17H18N4O5/c22-15(23)10-17(5-1-2-6-17)19-16(24)12-3-4-13(14(9-12)21(25)26)20-8-7-18-11-20/h3-4,7-9,11H,1-2,5-6,10H2,(H,19,24)(H,22,23). The molecule has 0 saturated heterocycles. The number of amides is 1. The lowest BCUT2D eigenvalue weighted by molar-refractivity contribution is -0.384. The fraction of sp³-hybridized carbons (Fsp3) is 0.353. The minimum absolute atomic E-state index is 0.122. The molecule has 0 bridgehead atoms. The predicted octanol–water partition coefficient (Wildman–Crippen LogP) is 2.30. The van der Waals surface area contributed by atoms with Crippen LogP contribution in [0.2, 0.25) is 0 Å². The van der Waals surface area contributed by atoms with Crippen LogP contribution in [0.1, 0.15) is 42.5 Å². The minimum Gasteiger partial charge on any atom is -0.481 e. The zero-order valence-corrected chi connectivity index (χ0v) is 13.9. The molecule has 9 nitrogen and oxygen atoms in total. The van der Waals surface area contributed by atoms with Crippen LogP contribution in [0, 0.1) is 10.1 Å². The second kappa shape index (κ2) is 6.95. The second-order valence-corrected chi connectivity index (χ2v) is 6.44. The van der Waals surface area contributed by atoms with Gasteiger partial charge in [-0.3, -0.25) is 19.7 Å². The summed E-state index contributed by atoms with van der Waals surface area (Å²) in [6.07, 6.45) is 7.19. The molecule has 136 valence electrons. The molecular weight excluding hydrogens is 340 g/mol. The SMILES string of the molecule is O=C(O)CC1(NC(=O)c2ccc(-n3ccnc3)c([N+](=O)[O-])c2)CCCC1. The molecule has 1 saturated carbocycles. The molecule has 26 heavy (non-hydrogen) atoms. The van der Waals surface area contributed by atoms with E-state index in [0.717, 1.165) is 12.8 Å². The zero-order valence-electron chi connectivity index (χ0n) is 13.9. The van der Waals surface area contributed by atoms with Crippen LogP contribution in [-0.4, -0.2) is 37.0 Å². The van der Waals surface area contributed by atoms with Crippen molar-refractivity contribution in [1.82, 2.24) is 14.9 Å². The number of nitro benzene ring substituents is 1. The number of aromatic nitrogens is 2. The smallest absolute Gasteiger partial charge is 0.305 e. The molecule has 1 aliphatic rings. The highest BCUT2D eigenvalue weighted by molar-refractivity contribution is 5.96. The Balaban J connectivity index is 1.89. The molecular formula is C17H18N4O5. The quantitative estimate of drug-likeness (QED) is 0.602. The first kappa shape index (κ1) is 17.6. The largest absolute Gasteiger partial charge is 0.481 e. The second-order valence-electron chi connectivity index (χ2n) is 6.44. The first-order valence-corrected chi connectivity index (χ1v) is 8.21. The maximum absolute atomic E-state index is 12.6. The maximum atomic E-state index is 12.6. The highest BCUT2D eigenvalue weighted by atomic mass is 16.6. The molecule has 3 rings (SSSR count). The maximum Gasteiger partial charge on any atom is 0.305 e. The molecule has 9 heteroatoms. The van der Waals surface area contributed by atoms with Crippen molar-refractivity contribution in [3.63, 3.8) is 0 Å². The van der Waals surface area contributed by atoms with E-state index in [0.29, 0.717) is 18.5 Å². The van der Waals surface area contributed by atoms with Crippen molar-refractivity contribution in [2.75, 3.05) is 0 Å². The van der Waals surface area contributed by atoms with E-state index in [-0.39, 0.29) is 17.7 Å². The molecule has 1 fully saturated rings. The van der Waals surface area contributed by atoms with Crippen LogP contribution in [0.15, 0.2) is 36.9 Å². The van der Waals surface area contributed by atoms with E-state index in [4.69, 9.17) is 5.11 Å². The van der Waals surface area contributed by atoms with Crippen molar-refractivity contribution in [2.24, 2.45) is 0 Å². The highest BCUT2D eigenvalue weighted by Crippen LogP contribution is 2.33. The Hall–Kier alpha value is -3.23. The third kappa shape index (κ3) is 3.56. The number of nitrogens with one attached hydrogen (secondary N) is 1. The molecule has 1 heterocycles. The van der Waals surface area contributed by atoms with Crippen molar-refractivity contribution >= 4 is 17.6 Å². The summed E-state index contributed by atoms with van der Waals surface area (Å²) in [6.45, 7) is 0. The average molecular weight is 358 g/mol. The third-order valence-electron chi connectivity index (χ3n) is 4.65. The monoisotopic (exact) mass is 358 g/mol. The Morgan fingerprint density at radius 2 is 2.08 bits per heavy atom. The van der Waals surface area contributed by atoms with Crippen LogP contribution in [0.4, 0.5) is 5.69 Å². The Labute approximate surface area is 148 Å². The van der Waals surface area contributed by atoms with Crippen molar-refractivity contribution in [3.05, 3.63) is 52.6 Å². The van der Waals surface area contributed by atoms with Gasteiger partial charge in [-0.25, -0.2) is 4.98 Å². The number of rotatable bonds is 6. The summed E-state index contributed by atoms with van der Waals surface area (Å²) in [5, 5.41) is 23.3. The molecule has 1 aliphatic carbocycles. The van der Waals surface area contributed by atoms with E-state index in [1.165, 1.54) is 35.3 Å². The number of carboxylic acid groups (broad SMARTS) is 1. The van der Waals surface area contributed by atoms with E-state index in [9.17, 15) is 19.7 Å². The van der Waals surface area contributed by atoms with E-state index in [1.54, 1.807) is 6.20 Å². The van der Waals surface area contributed by atoms with E-state index in [2.05, 4.69) is 10.3 Å². The molecule has 1 aromatic heterocycles. The van der Waals surface area contributed by atoms with Gasteiger partial charge in [0.1, 0.15) is 5.69 Å². The van der Waals surface area contributed by atoms with Crippen LogP contribution in [0.25, 0.3) is 5.69 Å². The number of hydrogen-bond acceptors (Lipinski definition) is 5. The van der Waals surface area contributed by atoms with Crippen molar-refractivity contribution in [3.8, 4) is 5.69 Å². The number of carbonyl (C=O) groups is 2. The summed E-state index contributed by atoms with van der Waals surface area (Å²) >= 11 is 0. The first-order chi connectivity index (χ1) is 12.4. The number of hydrogen-bond donors (Lipinski definition) is 2. The summed E-state index contributed by atoms with van der Waals surface area (Å²) in [5.41, 5.74) is -0.600. The number of carboxylic acids is 1. The molecule has 0 unspecified atom stereocenters. The highest BCUT2D eigenvalue weighted by Gasteiger charge is 2.37. The number of carbonyl (C=O) groups excluding carboxylic acids is 1. The molecule has 2 aromatic rings. The van der Waals surface area contributed by atoms with Gasteiger partial charge in [0.25, 0.3) is 11.6 Å². The number of aliphatic carboxylic acids is 1. The summed E-state index contributed by atoms with van der Waals surface area (Å²) in [4.78, 5) is 38.5. The summed E-state index contributed by atoms with van der Waals surface area (Å²) in [6, 6.07) is 4.17. The van der Waals surface area contributed by atoms with Gasteiger partial charge in [0.2, 0.25) is 0 Å². The topological polar surface area (TPSA) is 127 Å². The molecule has 1 aromatic carbocycles. The predicted molar refractivity (Wildman–Crippen MR) is 91.1 cm³/mol. The van der Waals surface area contributed by atoms with Crippen LogP contribution in [0.3, 0.4) is 0 Å². The van der Waals surface area contributed by atoms with Crippen molar-refractivity contribution in [1.29, 1.82) is 0 Å². The van der Waals surface area contributed by atoms with Gasteiger partial charge >= 0.3 is 5.97 Å². The fourth-order valence-corrected chi connectivity index (χ4v) is 3.43. The average Bonchev–Trinajstić information content (AvgIpc) is 3.25. The lowest BCUT2D eigenvalue weighted by atomic mass is 9.92. The zero-order chi connectivity index (χ0) is 18.7. The van der Waals surface area contributed by atoms with Crippen LogP contribution in [0.5, 0.6) is 0 Å². The van der Waals surface area contributed by atoms with Gasteiger partial charge < -0.3 is 15.0 Å². The van der Waals surface area contributed by atoms with Crippen LogP contribution < -0.4 is 5.32 Å². The normalized spacial score (nSPS) is 15.5. The van der Waals surface area contributed by atoms with Gasteiger partial charge in [0, 0.05) is 24.0 Å².